The van der Waals surface area contributed by atoms with Crippen LogP contribution >= 0.6 is 0 Å². The first-order valence-electron chi connectivity index (χ1n) is 21.8. The molecule has 1 aromatic heterocycles. The quantitative estimate of drug-likeness (QED) is 0.143. The van der Waals surface area contributed by atoms with Crippen LogP contribution in [0.15, 0.2) is 243 Å². The van der Waals surface area contributed by atoms with Crippen molar-refractivity contribution in [1.29, 1.82) is 0 Å². The molecule has 5 nitrogen and oxygen atoms in total. The molecule has 12 rings (SSSR count). The summed E-state index contributed by atoms with van der Waals surface area (Å²) in [5.74, 6) is 0.755. The van der Waals surface area contributed by atoms with E-state index in [9.17, 15) is 0 Å². The molecule has 6 heteroatoms. The maximum atomic E-state index is 5.60. The molecule has 0 bridgehead atoms. The van der Waals surface area contributed by atoms with Gasteiger partial charge in [-0.15, -0.1) is 0 Å². The van der Waals surface area contributed by atoms with E-state index in [4.69, 9.17) is 9.97 Å². The Morgan fingerprint density at radius 2 is 0.859 bits per heavy atom. The first-order valence-corrected chi connectivity index (χ1v) is 21.8. The Bertz CT molecular complexity index is 3240. The highest BCUT2D eigenvalue weighted by Crippen LogP contribution is 2.46. The van der Waals surface area contributed by atoms with Crippen molar-refractivity contribution >= 4 is 74.4 Å². The topological polar surface area (TPSA) is 35.5 Å². The minimum Gasteiger partial charge on any atom is -0.311 e. The second-order valence-electron chi connectivity index (χ2n) is 16.2. The van der Waals surface area contributed by atoms with Crippen molar-refractivity contribution in [2.24, 2.45) is 0 Å². The lowest BCUT2D eigenvalue weighted by Crippen LogP contribution is -2.61. The van der Waals surface area contributed by atoms with E-state index in [1.165, 1.54) is 16.4 Å². The number of anilines is 9. The molecule has 2 aliphatic rings. The third-order valence-electron chi connectivity index (χ3n) is 12.5. The van der Waals surface area contributed by atoms with Gasteiger partial charge in [-0.3, -0.25) is 9.88 Å². The zero-order valence-electron chi connectivity index (χ0n) is 34.9. The average molecular weight is 818 g/mol. The molecule has 0 amide bonds. The van der Waals surface area contributed by atoms with E-state index in [0.717, 1.165) is 85.0 Å². The summed E-state index contributed by atoms with van der Waals surface area (Å²) in [6.07, 6.45) is 1.95. The average Bonchev–Trinajstić information content (AvgIpc) is 3.38. The molecule has 9 aromatic carbocycles. The van der Waals surface area contributed by atoms with Crippen LogP contribution in [0.25, 0.3) is 33.6 Å². The highest BCUT2D eigenvalue weighted by Gasteiger charge is 2.44. The zero-order chi connectivity index (χ0) is 42.4. The highest BCUT2D eigenvalue weighted by molar-refractivity contribution is 7.00. The summed E-state index contributed by atoms with van der Waals surface area (Å²) in [6, 6.07) is 84.2. The predicted octanol–water partition coefficient (Wildman–Crippen LogP) is 13.0. The molecule has 2 aliphatic heterocycles. The smallest absolute Gasteiger partial charge is 0.252 e. The standard InChI is InChI=1S/C58H40BN5/c1-7-20-41(21-8-1)44-34-36-49-53(38-44)64(55-40-60-57(42-22-9-2-10-23-42)58(61-55)43-24-11-3-12-25-43)52-33-19-32-51-56(52)59(49)50-37-35-48(39-54(50)63(51)47-30-17-6-18-31-47)62(45-26-13-4-14-27-45)46-28-15-5-16-29-46/h1-40H. The minimum atomic E-state index is -0.0710. The third-order valence-corrected chi connectivity index (χ3v) is 12.5. The summed E-state index contributed by atoms with van der Waals surface area (Å²) < 4.78 is 0. The Kier molecular flexibility index (Phi) is 9.19. The fourth-order valence-electron chi connectivity index (χ4n) is 9.66. The van der Waals surface area contributed by atoms with E-state index in [-0.39, 0.29) is 6.71 Å². The van der Waals surface area contributed by atoms with Crippen LogP contribution in [0.5, 0.6) is 0 Å². The van der Waals surface area contributed by atoms with E-state index in [1.54, 1.807) is 0 Å². The summed E-state index contributed by atoms with van der Waals surface area (Å²) in [7, 11) is 0. The van der Waals surface area contributed by atoms with Crippen molar-refractivity contribution < 1.29 is 0 Å². The molecule has 64 heavy (non-hydrogen) atoms. The molecule has 0 unspecified atom stereocenters. The molecule has 0 spiro atoms. The Hall–Kier alpha value is -8.48. The number of hydrogen-bond donors (Lipinski definition) is 0. The first-order chi connectivity index (χ1) is 31.8. The van der Waals surface area contributed by atoms with Crippen LogP contribution in [-0.4, -0.2) is 16.7 Å². The number of para-hydroxylation sites is 3. The monoisotopic (exact) mass is 817 g/mol. The van der Waals surface area contributed by atoms with Crippen LogP contribution in [0.3, 0.4) is 0 Å². The van der Waals surface area contributed by atoms with Gasteiger partial charge in [-0.05, 0) is 94.2 Å². The molecule has 0 fully saturated rings. The number of hydrogen-bond acceptors (Lipinski definition) is 5. The van der Waals surface area contributed by atoms with Crippen LogP contribution in [0.4, 0.5) is 51.3 Å². The third kappa shape index (κ3) is 6.35. The summed E-state index contributed by atoms with van der Waals surface area (Å²) in [5, 5.41) is 0. The number of nitrogens with zero attached hydrogens (tertiary/aromatic N) is 5. The van der Waals surface area contributed by atoms with Gasteiger partial charge in [0.05, 0.1) is 17.6 Å². The van der Waals surface area contributed by atoms with Gasteiger partial charge in [-0.1, -0.05) is 170 Å². The van der Waals surface area contributed by atoms with Gasteiger partial charge in [0.2, 0.25) is 0 Å². The molecule has 300 valence electrons. The molecule has 0 atom stereocenters. The van der Waals surface area contributed by atoms with Gasteiger partial charge in [0, 0.05) is 56.6 Å². The van der Waals surface area contributed by atoms with E-state index < -0.39 is 0 Å². The maximum absolute atomic E-state index is 5.60. The lowest BCUT2D eigenvalue weighted by atomic mass is 9.33. The molecule has 0 aliphatic carbocycles. The van der Waals surface area contributed by atoms with Gasteiger partial charge in [0.15, 0.2) is 5.82 Å². The second kappa shape index (κ2) is 15.8. The fraction of sp³-hybridized carbons (Fsp3) is 0. The Morgan fingerprint density at radius 1 is 0.359 bits per heavy atom. The maximum Gasteiger partial charge on any atom is 0.252 e. The normalized spacial score (nSPS) is 12.3. The summed E-state index contributed by atoms with van der Waals surface area (Å²) in [5.41, 5.74) is 18.5. The first kappa shape index (κ1) is 37.3. The predicted molar refractivity (Wildman–Crippen MR) is 267 cm³/mol. The van der Waals surface area contributed by atoms with Crippen LogP contribution < -0.4 is 31.1 Å². The van der Waals surface area contributed by atoms with E-state index in [1.807, 2.05) is 18.3 Å². The van der Waals surface area contributed by atoms with Gasteiger partial charge in [0.1, 0.15) is 0 Å². The van der Waals surface area contributed by atoms with E-state index in [2.05, 4.69) is 239 Å². The van der Waals surface area contributed by atoms with Crippen LogP contribution in [0, 0.1) is 0 Å². The molecule has 0 radical (unpaired) electrons. The van der Waals surface area contributed by atoms with Gasteiger partial charge >= 0.3 is 0 Å². The highest BCUT2D eigenvalue weighted by atomic mass is 15.2. The molecule has 0 N–H and O–H groups in total. The fourth-order valence-corrected chi connectivity index (χ4v) is 9.66. The lowest BCUT2D eigenvalue weighted by Gasteiger charge is -2.44. The van der Waals surface area contributed by atoms with Crippen LogP contribution in [0.2, 0.25) is 0 Å². The van der Waals surface area contributed by atoms with Gasteiger partial charge < -0.3 is 9.80 Å². The largest absolute Gasteiger partial charge is 0.311 e. The van der Waals surface area contributed by atoms with Crippen LogP contribution in [0.1, 0.15) is 0 Å². The summed E-state index contributed by atoms with van der Waals surface area (Å²) in [4.78, 5) is 18.0. The number of benzene rings is 9. The Morgan fingerprint density at radius 3 is 1.47 bits per heavy atom. The second-order valence-corrected chi connectivity index (χ2v) is 16.2. The minimum absolute atomic E-state index is 0.0710. The Labute approximate surface area is 373 Å². The molecular formula is C58H40BN5. The number of aromatic nitrogens is 2. The van der Waals surface area contributed by atoms with Crippen molar-refractivity contribution in [3.63, 3.8) is 0 Å². The van der Waals surface area contributed by atoms with Gasteiger partial charge in [-0.2, -0.15) is 0 Å². The molecule has 10 aromatic rings. The van der Waals surface area contributed by atoms with Crippen molar-refractivity contribution in [1.82, 2.24) is 9.97 Å². The van der Waals surface area contributed by atoms with Crippen molar-refractivity contribution in [2.45, 2.75) is 0 Å². The van der Waals surface area contributed by atoms with Crippen molar-refractivity contribution in [2.75, 3.05) is 14.7 Å². The van der Waals surface area contributed by atoms with Gasteiger partial charge in [-0.25, -0.2) is 4.98 Å². The zero-order valence-corrected chi connectivity index (χ0v) is 34.9. The van der Waals surface area contributed by atoms with E-state index >= 15 is 0 Å². The SMILES string of the molecule is c1ccc(-c2ccc3c(c2)N(c2cnc(-c4ccccc4)c(-c4ccccc4)n2)c2cccc4c2B3c2ccc(N(c3ccccc3)c3ccccc3)cc2N4c2ccccc2)cc1. The molecular weight excluding hydrogens is 777 g/mol. The van der Waals surface area contributed by atoms with Gasteiger partial charge in [0.25, 0.3) is 6.71 Å². The summed E-state index contributed by atoms with van der Waals surface area (Å²) in [6.45, 7) is -0.0710. The molecule has 3 heterocycles. The molecule has 0 saturated carbocycles. The van der Waals surface area contributed by atoms with Crippen molar-refractivity contribution in [3.05, 3.63) is 243 Å². The Balaban J connectivity index is 1.11. The summed E-state index contributed by atoms with van der Waals surface area (Å²) >= 11 is 0. The van der Waals surface area contributed by atoms with E-state index in [0.29, 0.717) is 0 Å². The number of rotatable bonds is 8. The molecule has 0 saturated heterocycles. The number of fused-ring (bicyclic) bond motifs is 4. The van der Waals surface area contributed by atoms with Crippen LogP contribution in [-0.2, 0) is 0 Å². The van der Waals surface area contributed by atoms with Crippen molar-refractivity contribution in [3.8, 4) is 33.6 Å². The lowest BCUT2D eigenvalue weighted by molar-refractivity contribution is 1.13.